The molecule has 1 fully saturated rings. The van der Waals surface area contributed by atoms with Crippen molar-refractivity contribution in [2.24, 2.45) is 0 Å². The fourth-order valence-corrected chi connectivity index (χ4v) is 2.82. The van der Waals surface area contributed by atoms with E-state index in [1.165, 1.54) is 0 Å². The average molecular weight is 324 g/mol. The molecule has 3 aromatic rings. The Balaban J connectivity index is 1.36. The highest BCUT2D eigenvalue weighted by atomic mass is 16.5. The molecule has 1 N–H and O–H groups in total. The molecule has 24 heavy (non-hydrogen) atoms. The normalized spacial score (nSPS) is 17.2. The molecule has 6 nitrogen and oxygen atoms in total. The van der Waals surface area contributed by atoms with Crippen LogP contribution in [0.25, 0.3) is 5.78 Å². The summed E-state index contributed by atoms with van der Waals surface area (Å²) in [7, 11) is 0. The molecule has 1 aromatic carbocycles. The number of nitrogens with zero attached hydrogens (tertiary/aromatic N) is 3. The van der Waals surface area contributed by atoms with E-state index in [2.05, 4.69) is 15.3 Å². The number of benzene rings is 1. The van der Waals surface area contributed by atoms with Crippen LogP contribution >= 0.6 is 0 Å². The summed E-state index contributed by atoms with van der Waals surface area (Å²) in [5.74, 6) is 1.56. The summed E-state index contributed by atoms with van der Waals surface area (Å²) in [6, 6.07) is 9.87. The summed E-state index contributed by atoms with van der Waals surface area (Å²) in [4.78, 5) is 8.71. The van der Waals surface area contributed by atoms with Crippen molar-refractivity contribution in [1.82, 2.24) is 14.4 Å². The summed E-state index contributed by atoms with van der Waals surface area (Å²) in [5.41, 5.74) is 1.95. The topological polar surface area (TPSA) is 60.7 Å². The van der Waals surface area contributed by atoms with Gasteiger partial charge in [0.1, 0.15) is 12.4 Å². The van der Waals surface area contributed by atoms with Gasteiger partial charge in [-0.2, -0.15) is 0 Å². The number of ether oxygens (including phenoxy) is 2. The second kappa shape index (κ2) is 6.88. The van der Waals surface area contributed by atoms with Crippen LogP contribution in [0.15, 0.2) is 48.9 Å². The lowest BCUT2D eigenvalue weighted by Crippen LogP contribution is -2.16. The Morgan fingerprint density at radius 2 is 2.33 bits per heavy atom. The smallest absolute Gasteiger partial charge is 0.233 e. The summed E-state index contributed by atoms with van der Waals surface area (Å²) in [6.45, 7) is 2.10. The van der Waals surface area contributed by atoms with Crippen molar-refractivity contribution in [3.8, 4) is 5.75 Å². The van der Waals surface area contributed by atoms with Crippen LogP contribution in [0.4, 0.5) is 5.69 Å². The predicted molar refractivity (Wildman–Crippen MR) is 91.2 cm³/mol. The lowest BCUT2D eigenvalue weighted by molar-refractivity contribution is 0.0680. The van der Waals surface area contributed by atoms with Crippen LogP contribution in [-0.4, -0.2) is 33.7 Å². The maximum atomic E-state index is 5.84. The monoisotopic (exact) mass is 324 g/mol. The molecule has 0 aliphatic carbocycles. The summed E-state index contributed by atoms with van der Waals surface area (Å²) in [6.07, 6.45) is 8.11. The van der Waals surface area contributed by atoms with Gasteiger partial charge in [-0.05, 0) is 31.0 Å². The van der Waals surface area contributed by atoms with Gasteiger partial charge in [0.05, 0.1) is 18.3 Å². The first kappa shape index (κ1) is 15.0. The van der Waals surface area contributed by atoms with Gasteiger partial charge in [-0.25, -0.2) is 9.97 Å². The highest BCUT2D eigenvalue weighted by Gasteiger charge is 2.15. The Hall–Kier alpha value is -2.60. The number of aromatic nitrogens is 3. The molecule has 124 valence electrons. The van der Waals surface area contributed by atoms with E-state index in [0.717, 1.165) is 36.6 Å². The van der Waals surface area contributed by atoms with Crippen molar-refractivity contribution < 1.29 is 9.47 Å². The second-order valence-electron chi connectivity index (χ2n) is 5.89. The molecule has 1 aliphatic rings. The van der Waals surface area contributed by atoms with Crippen molar-refractivity contribution in [1.29, 1.82) is 0 Å². The minimum Gasteiger partial charge on any atom is -0.491 e. The van der Waals surface area contributed by atoms with Crippen molar-refractivity contribution in [2.45, 2.75) is 25.5 Å². The SMILES string of the molecule is c1cc(NCc2cn3cccnc3n2)cc(OCC2CCCO2)c1. The minimum absolute atomic E-state index is 0.229. The van der Waals surface area contributed by atoms with Gasteiger partial charge in [-0.3, -0.25) is 4.40 Å². The highest BCUT2D eigenvalue weighted by molar-refractivity contribution is 5.48. The number of hydrogen-bond acceptors (Lipinski definition) is 5. The van der Waals surface area contributed by atoms with Crippen molar-refractivity contribution in [2.75, 3.05) is 18.5 Å². The Bertz CT molecular complexity index is 778. The highest BCUT2D eigenvalue weighted by Crippen LogP contribution is 2.20. The van der Waals surface area contributed by atoms with Crippen LogP contribution < -0.4 is 10.1 Å². The maximum absolute atomic E-state index is 5.84. The van der Waals surface area contributed by atoms with Gasteiger partial charge >= 0.3 is 0 Å². The van der Waals surface area contributed by atoms with E-state index in [4.69, 9.17) is 9.47 Å². The minimum atomic E-state index is 0.229. The second-order valence-corrected chi connectivity index (χ2v) is 5.89. The van der Waals surface area contributed by atoms with Gasteiger partial charge in [-0.15, -0.1) is 0 Å². The molecule has 0 amide bonds. The molecule has 1 aliphatic heterocycles. The molecule has 1 saturated heterocycles. The average Bonchev–Trinajstić information content (AvgIpc) is 3.27. The Morgan fingerprint density at radius 1 is 1.33 bits per heavy atom. The molecule has 0 spiro atoms. The lowest BCUT2D eigenvalue weighted by atomic mass is 10.2. The molecule has 1 atom stereocenters. The number of imidazole rings is 1. The van der Waals surface area contributed by atoms with E-state index in [9.17, 15) is 0 Å². The third-order valence-electron chi connectivity index (χ3n) is 4.05. The van der Waals surface area contributed by atoms with Crippen LogP contribution in [0.2, 0.25) is 0 Å². The largest absolute Gasteiger partial charge is 0.491 e. The van der Waals surface area contributed by atoms with Gasteiger partial charge < -0.3 is 14.8 Å². The fraction of sp³-hybridized carbons (Fsp3) is 0.333. The van der Waals surface area contributed by atoms with E-state index in [1.807, 2.05) is 47.1 Å². The lowest BCUT2D eigenvalue weighted by Gasteiger charge is -2.12. The van der Waals surface area contributed by atoms with E-state index in [0.29, 0.717) is 18.9 Å². The molecular weight excluding hydrogens is 304 g/mol. The first-order valence-electron chi connectivity index (χ1n) is 8.24. The van der Waals surface area contributed by atoms with Crippen LogP contribution in [0, 0.1) is 0 Å². The van der Waals surface area contributed by atoms with Crippen LogP contribution in [0.5, 0.6) is 5.75 Å². The summed E-state index contributed by atoms with van der Waals surface area (Å²) >= 11 is 0. The summed E-state index contributed by atoms with van der Waals surface area (Å²) < 4.78 is 13.3. The molecule has 6 heteroatoms. The first-order valence-corrected chi connectivity index (χ1v) is 8.24. The fourth-order valence-electron chi connectivity index (χ4n) is 2.82. The Labute approximate surface area is 140 Å². The van der Waals surface area contributed by atoms with Crippen LogP contribution in [-0.2, 0) is 11.3 Å². The maximum Gasteiger partial charge on any atom is 0.233 e. The number of anilines is 1. The predicted octanol–water partition coefficient (Wildman–Crippen LogP) is 2.90. The molecule has 0 radical (unpaired) electrons. The Kier molecular flexibility index (Phi) is 4.29. The number of fused-ring (bicyclic) bond motifs is 1. The summed E-state index contributed by atoms with van der Waals surface area (Å²) in [5, 5.41) is 3.38. The van der Waals surface area contributed by atoms with Gasteiger partial charge in [0.15, 0.2) is 0 Å². The number of nitrogens with one attached hydrogen (secondary N) is 1. The number of rotatable bonds is 6. The first-order chi connectivity index (χ1) is 11.9. The molecule has 0 saturated carbocycles. The van der Waals surface area contributed by atoms with E-state index in [-0.39, 0.29) is 6.10 Å². The third kappa shape index (κ3) is 3.49. The van der Waals surface area contributed by atoms with E-state index in [1.54, 1.807) is 6.20 Å². The molecule has 1 unspecified atom stereocenters. The van der Waals surface area contributed by atoms with Gasteiger partial charge in [-0.1, -0.05) is 6.07 Å². The molecule has 0 bridgehead atoms. The zero-order valence-corrected chi connectivity index (χ0v) is 13.4. The van der Waals surface area contributed by atoms with Crippen molar-refractivity contribution >= 4 is 11.5 Å². The number of hydrogen-bond donors (Lipinski definition) is 1. The molecule has 2 aromatic heterocycles. The molecule has 4 rings (SSSR count). The molecule has 3 heterocycles. The zero-order valence-electron chi connectivity index (χ0n) is 13.4. The zero-order chi connectivity index (χ0) is 16.2. The van der Waals surface area contributed by atoms with Crippen LogP contribution in [0.1, 0.15) is 18.5 Å². The third-order valence-corrected chi connectivity index (χ3v) is 4.05. The van der Waals surface area contributed by atoms with Crippen LogP contribution in [0.3, 0.4) is 0 Å². The standard InChI is InChI=1S/C18H20N4O2/c1-4-14(10-16(5-1)24-13-17-6-2-9-23-17)20-11-15-12-22-8-3-7-19-18(22)21-15/h1,3-5,7-8,10,12,17,20H,2,6,9,11,13H2. The van der Waals surface area contributed by atoms with E-state index >= 15 is 0 Å². The van der Waals surface area contributed by atoms with Gasteiger partial charge in [0, 0.05) is 37.0 Å². The quantitative estimate of drug-likeness (QED) is 0.755. The molecular formula is C18H20N4O2. The Morgan fingerprint density at radius 3 is 3.21 bits per heavy atom. The van der Waals surface area contributed by atoms with Crippen molar-refractivity contribution in [3.63, 3.8) is 0 Å². The van der Waals surface area contributed by atoms with Gasteiger partial charge in [0.25, 0.3) is 0 Å². The van der Waals surface area contributed by atoms with Crippen molar-refractivity contribution in [3.05, 3.63) is 54.6 Å². The van der Waals surface area contributed by atoms with E-state index < -0.39 is 0 Å². The van der Waals surface area contributed by atoms with Gasteiger partial charge in [0.2, 0.25) is 5.78 Å².